The summed E-state index contributed by atoms with van der Waals surface area (Å²) in [5.41, 5.74) is 2.60. The summed E-state index contributed by atoms with van der Waals surface area (Å²) in [6.45, 7) is 9.30. The van der Waals surface area contributed by atoms with Crippen molar-refractivity contribution in [2.24, 2.45) is 4.99 Å². The summed E-state index contributed by atoms with van der Waals surface area (Å²) in [6, 6.07) is 8.51. The molecule has 0 spiro atoms. The van der Waals surface area contributed by atoms with E-state index in [0.29, 0.717) is 6.54 Å². The van der Waals surface area contributed by atoms with Crippen LogP contribution in [0.2, 0.25) is 0 Å². The second kappa shape index (κ2) is 13.7. The van der Waals surface area contributed by atoms with Crippen LogP contribution in [0.25, 0.3) is 0 Å². The summed E-state index contributed by atoms with van der Waals surface area (Å²) in [5, 5.41) is 6.70. The predicted molar refractivity (Wildman–Crippen MR) is 107 cm³/mol. The quantitative estimate of drug-likeness (QED) is 0.346. The van der Waals surface area contributed by atoms with Crippen molar-refractivity contribution in [1.29, 1.82) is 0 Å². The molecule has 5 nitrogen and oxygen atoms in total. The van der Waals surface area contributed by atoms with E-state index in [-0.39, 0.29) is 0 Å². The maximum absolute atomic E-state index is 5.59. The lowest BCUT2D eigenvalue weighted by molar-refractivity contribution is 0.129. The summed E-state index contributed by atoms with van der Waals surface area (Å²) in [5.74, 6) is 0.871. The largest absolute Gasteiger partial charge is 0.381 e. The van der Waals surface area contributed by atoms with Crippen LogP contribution in [-0.2, 0) is 17.8 Å². The van der Waals surface area contributed by atoms with Gasteiger partial charge in [-0.15, -0.1) is 0 Å². The fourth-order valence-electron chi connectivity index (χ4n) is 2.44. The normalized spacial score (nSPS) is 11.8. The van der Waals surface area contributed by atoms with Crippen LogP contribution in [0.15, 0.2) is 29.3 Å². The van der Waals surface area contributed by atoms with E-state index in [1.165, 1.54) is 17.5 Å². The zero-order valence-electron chi connectivity index (χ0n) is 16.5. The third kappa shape index (κ3) is 10.1. The molecule has 0 atom stereocenters. The van der Waals surface area contributed by atoms with Crippen LogP contribution in [0.5, 0.6) is 0 Å². The lowest BCUT2D eigenvalue weighted by atomic mass is 10.1. The Morgan fingerprint density at radius 3 is 2.44 bits per heavy atom. The van der Waals surface area contributed by atoms with Gasteiger partial charge in [-0.1, -0.05) is 37.6 Å². The van der Waals surface area contributed by atoms with Gasteiger partial charge in [0.1, 0.15) is 0 Å². The first-order valence-corrected chi connectivity index (χ1v) is 9.48. The highest BCUT2D eigenvalue weighted by atomic mass is 16.5. The zero-order valence-corrected chi connectivity index (χ0v) is 16.5. The third-order valence-electron chi connectivity index (χ3n) is 3.76. The fourth-order valence-corrected chi connectivity index (χ4v) is 2.44. The summed E-state index contributed by atoms with van der Waals surface area (Å²) in [6.07, 6.45) is 3.32. The predicted octanol–water partition coefficient (Wildman–Crippen LogP) is 3.01. The first-order chi connectivity index (χ1) is 12.2. The average Bonchev–Trinajstić information content (AvgIpc) is 2.59. The molecule has 142 valence electrons. The minimum absolute atomic E-state index is 0.687. The van der Waals surface area contributed by atoms with E-state index < -0.39 is 0 Å². The summed E-state index contributed by atoms with van der Waals surface area (Å²) in [4.78, 5) is 6.92. The standard InChI is InChI=1S/C20H36N4O/c1-5-7-14-25-15-10-13-22-20(21-6-2)23-16-18-11-8-9-12-19(18)17-24(3)4/h8-9,11-12H,5-7,10,13-17H2,1-4H3,(H2,21,22,23). The number of guanidine groups is 1. The Morgan fingerprint density at radius 1 is 1.04 bits per heavy atom. The maximum atomic E-state index is 5.59. The fraction of sp³-hybridized carbons (Fsp3) is 0.650. The second-order valence-electron chi connectivity index (χ2n) is 6.45. The summed E-state index contributed by atoms with van der Waals surface area (Å²) >= 11 is 0. The van der Waals surface area contributed by atoms with Crippen molar-refractivity contribution in [3.8, 4) is 0 Å². The van der Waals surface area contributed by atoms with Gasteiger partial charge in [-0.25, -0.2) is 4.99 Å². The highest BCUT2D eigenvalue weighted by Gasteiger charge is 2.03. The van der Waals surface area contributed by atoms with Crippen LogP contribution >= 0.6 is 0 Å². The average molecular weight is 349 g/mol. The lowest BCUT2D eigenvalue weighted by Crippen LogP contribution is -2.38. The molecule has 2 N–H and O–H groups in total. The van der Waals surface area contributed by atoms with Crippen molar-refractivity contribution in [2.45, 2.75) is 46.2 Å². The number of nitrogens with one attached hydrogen (secondary N) is 2. The molecule has 1 aromatic rings. The van der Waals surface area contributed by atoms with Gasteiger partial charge in [-0.05, 0) is 45.0 Å². The molecule has 1 rings (SSSR count). The number of aliphatic imine (C=N–C) groups is 1. The van der Waals surface area contributed by atoms with Gasteiger partial charge in [-0.2, -0.15) is 0 Å². The molecule has 0 aliphatic rings. The number of rotatable bonds is 12. The van der Waals surface area contributed by atoms with Gasteiger partial charge in [0, 0.05) is 32.8 Å². The molecule has 0 radical (unpaired) electrons. The Labute approximate surface area is 153 Å². The monoisotopic (exact) mass is 348 g/mol. The molecule has 0 unspecified atom stereocenters. The number of nitrogens with zero attached hydrogens (tertiary/aromatic N) is 2. The van der Waals surface area contributed by atoms with Gasteiger partial charge >= 0.3 is 0 Å². The van der Waals surface area contributed by atoms with Crippen LogP contribution in [0.1, 0.15) is 44.2 Å². The minimum atomic E-state index is 0.687. The Balaban J connectivity index is 2.47. The first kappa shape index (κ1) is 21.5. The van der Waals surface area contributed by atoms with Crippen LogP contribution in [-0.4, -0.2) is 51.3 Å². The highest BCUT2D eigenvalue weighted by Crippen LogP contribution is 2.11. The molecular weight excluding hydrogens is 312 g/mol. The van der Waals surface area contributed by atoms with E-state index in [9.17, 15) is 0 Å². The molecule has 0 heterocycles. The number of ether oxygens (including phenoxy) is 1. The smallest absolute Gasteiger partial charge is 0.191 e. The van der Waals surface area contributed by atoms with Crippen molar-refractivity contribution >= 4 is 5.96 Å². The zero-order chi connectivity index (χ0) is 18.3. The van der Waals surface area contributed by atoms with Gasteiger partial charge in [0.05, 0.1) is 6.54 Å². The van der Waals surface area contributed by atoms with Crippen molar-refractivity contribution in [3.63, 3.8) is 0 Å². The Hall–Kier alpha value is -1.59. The topological polar surface area (TPSA) is 48.9 Å². The van der Waals surface area contributed by atoms with Crippen molar-refractivity contribution < 1.29 is 4.74 Å². The SMILES string of the molecule is CCCCOCCCNC(=NCc1ccccc1CN(C)C)NCC. The molecule has 0 saturated heterocycles. The van der Waals surface area contributed by atoms with Gasteiger partial charge in [0.25, 0.3) is 0 Å². The molecule has 1 aromatic carbocycles. The molecule has 25 heavy (non-hydrogen) atoms. The molecule has 0 amide bonds. The van der Waals surface area contributed by atoms with Crippen molar-refractivity contribution in [1.82, 2.24) is 15.5 Å². The number of hydrogen-bond donors (Lipinski definition) is 2. The second-order valence-corrected chi connectivity index (χ2v) is 6.45. The van der Waals surface area contributed by atoms with Crippen LogP contribution < -0.4 is 10.6 Å². The Kier molecular flexibility index (Phi) is 11.7. The van der Waals surface area contributed by atoms with E-state index >= 15 is 0 Å². The van der Waals surface area contributed by atoms with Crippen LogP contribution in [0.4, 0.5) is 0 Å². The lowest BCUT2D eigenvalue weighted by Gasteiger charge is -2.14. The first-order valence-electron chi connectivity index (χ1n) is 9.48. The van der Waals surface area contributed by atoms with Crippen LogP contribution in [0.3, 0.4) is 0 Å². The van der Waals surface area contributed by atoms with E-state index in [1.54, 1.807) is 0 Å². The number of hydrogen-bond acceptors (Lipinski definition) is 3. The summed E-state index contributed by atoms with van der Waals surface area (Å²) in [7, 11) is 4.18. The highest BCUT2D eigenvalue weighted by molar-refractivity contribution is 5.79. The van der Waals surface area contributed by atoms with E-state index in [4.69, 9.17) is 9.73 Å². The summed E-state index contributed by atoms with van der Waals surface area (Å²) < 4.78 is 5.59. The van der Waals surface area contributed by atoms with E-state index in [1.807, 2.05) is 0 Å². The van der Waals surface area contributed by atoms with Crippen molar-refractivity contribution in [2.75, 3.05) is 40.4 Å². The number of benzene rings is 1. The molecule has 0 fully saturated rings. The minimum Gasteiger partial charge on any atom is -0.381 e. The van der Waals surface area contributed by atoms with Crippen molar-refractivity contribution in [3.05, 3.63) is 35.4 Å². The molecule has 0 aromatic heterocycles. The molecule has 5 heteroatoms. The van der Waals surface area contributed by atoms with Gasteiger partial charge in [0.15, 0.2) is 5.96 Å². The maximum Gasteiger partial charge on any atom is 0.191 e. The van der Waals surface area contributed by atoms with Gasteiger partial charge < -0.3 is 20.3 Å². The Bertz CT molecular complexity index is 488. The molecule has 0 aliphatic heterocycles. The molecule has 0 bridgehead atoms. The van der Waals surface area contributed by atoms with Crippen LogP contribution in [0, 0.1) is 0 Å². The Morgan fingerprint density at radius 2 is 1.76 bits per heavy atom. The molecule has 0 aliphatic carbocycles. The molecule has 0 saturated carbocycles. The van der Waals surface area contributed by atoms with E-state index in [0.717, 1.165) is 51.6 Å². The van der Waals surface area contributed by atoms with Gasteiger partial charge in [-0.3, -0.25) is 0 Å². The number of unbranched alkanes of at least 4 members (excludes halogenated alkanes) is 1. The molecular formula is C20H36N4O. The third-order valence-corrected chi connectivity index (χ3v) is 3.76. The van der Waals surface area contributed by atoms with Gasteiger partial charge in [0.2, 0.25) is 0 Å². The van der Waals surface area contributed by atoms with E-state index in [2.05, 4.69) is 67.7 Å².